The van der Waals surface area contributed by atoms with Crippen molar-refractivity contribution in [2.24, 2.45) is 0 Å². The molecule has 1 aliphatic rings. The van der Waals surface area contributed by atoms with E-state index in [9.17, 15) is 4.79 Å². The van der Waals surface area contributed by atoms with Crippen molar-refractivity contribution in [2.75, 3.05) is 13.2 Å². The van der Waals surface area contributed by atoms with Crippen molar-refractivity contribution in [3.63, 3.8) is 0 Å². The van der Waals surface area contributed by atoms with Gasteiger partial charge in [0.1, 0.15) is 5.75 Å². The zero-order valence-corrected chi connectivity index (χ0v) is 10.3. The Morgan fingerprint density at radius 2 is 2.44 bits per heavy atom. The SMILES string of the molecule is C[C@H](CO)NC(=O)C=Cc1ccc2c(c1)CCO2. The van der Waals surface area contributed by atoms with Crippen LogP contribution in [0.4, 0.5) is 0 Å². The van der Waals surface area contributed by atoms with Gasteiger partial charge in [-0.1, -0.05) is 6.07 Å². The first-order chi connectivity index (χ1) is 8.69. The molecule has 4 nitrogen and oxygen atoms in total. The van der Waals surface area contributed by atoms with Crippen LogP contribution in [0.5, 0.6) is 5.75 Å². The highest BCUT2D eigenvalue weighted by molar-refractivity contribution is 5.91. The van der Waals surface area contributed by atoms with Crippen LogP contribution in [0, 0.1) is 0 Å². The van der Waals surface area contributed by atoms with Gasteiger partial charge in [0, 0.05) is 18.5 Å². The molecule has 1 aliphatic heterocycles. The molecule has 0 saturated heterocycles. The topological polar surface area (TPSA) is 58.6 Å². The van der Waals surface area contributed by atoms with Gasteiger partial charge in [0.2, 0.25) is 5.91 Å². The van der Waals surface area contributed by atoms with Gasteiger partial charge in [0.15, 0.2) is 0 Å². The van der Waals surface area contributed by atoms with Crippen molar-refractivity contribution in [1.82, 2.24) is 5.32 Å². The van der Waals surface area contributed by atoms with Gasteiger partial charge < -0.3 is 15.2 Å². The normalized spacial score (nSPS) is 15.2. The Balaban J connectivity index is 1.98. The summed E-state index contributed by atoms with van der Waals surface area (Å²) in [5.41, 5.74) is 2.16. The number of rotatable bonds is 4. The summed E-state index contributed by atoms with van der Waals surface area (Å²) in [6, 6.07) is 5.65. The molecule has 4 heteroatoms. The molecule has 2 rings (SSSR count). The molecular formula is C14H17NO3. The van der Waals surface area contributed by atoms with Crippen molar-refractivity contribution in [1.29, 1.82) is 0 Å². The number of fused-ring (bicyclic) bond motifs is 1. The molecule has 0 radical (unpaired) electrons. The first-order valence-electron chi connectivity index (χ1n) is 6.04. The molecule has 1 amide bonds. The maximum atomic E-state index is 11.5. The minimum Gasteiger partial charge on any atom is -0.493 e. The fourth-order valence-corrected chi connectivity index (χ4v) is 1.82. The molecule has 0 aliphatic carbocycles. The molecular weight excluding hydrogens is 230 g/mol. The highest BCUT2D eigenvalue weighted by atomic mass is 16.5. The minimum absolute atomic E-state index is 0.0598. The average Bonchev–Trinajstić information content (AvgIpc) is 2.83. The van der Waals surface area contributed by atoms with Crippen molar-refractivity contribution in [3.8, 4) is 5.75 Å². The number of carbonyl (C=O) groups is 1. The van der Waals surface area contributed by atoms with E-state index in [0.29, 0.717) is 0 Å². The van der Waals surface area contributed by atoms with Gasteiger partial charge in [0.25, 0.3) is 0 Å². The lowest BCUT2D eigenvalue weighted by atomic mass is 10.1. The molecule has 1 aromatic carbocycles. The number of hydrogen-bond donors (Lipinski definition) is 2. The van der Waals surface area contributed by atoms with Crippen LogP contribution in [-0.4, -0.2) is 30.3 Å². The smallest absolute Gasteiger partial charge is 0.244 e. The summed E-state index contributed by atoms with van der Waals surface area (Å²) >= 11 is 0. The molecule has 1 heterocycles. The van der Waals surface area contributed by atoms with Crippen LogP contribution in [0.2, 0.25) is 0 Å². The largest absolute Gasteiger partial charge is 0.493 e. The zero-order valence-electron chi connectivity index (χ0n) is 10.3. The monoisotopic (exact) mass is 247 g/mol. The maximum absolute atomic E-state index is 11.5. The van der Waals surface area contributed by atoms with Crippen LogP contribution in [0.3, 0.4) is 0 Å². The summed E-state index contributed by atoms with van der Waals surface area (Å²) in [4.78, 5) is 11.5. The third-order valence-corrected chi connectivity index (χ3v) is 2.80. The van der Waals surface area contributed by atoms with Crippen LogP contribution in [-0.2, 0) is 11.2 Å². The van der Waals surface area contributed by atoms with E-state index in [2.05, 4.69) is 5.32 Å². The predicted molar refractivity (Wildman–Crippen MR) is 69.4 cm³/mol. The molecule has 0 fully saturated rings. The summed E-state index contributed by atoms with van der Waals surface area (Å²) in [7, 11) is 0. The lowest BCUT2D eigenvalue weighted by Gasteiger charge is -2.07. The van der Waals surface area contributed by atoms with Gasteiger partial charge in [-0.15, -0.1) is 0 Å². The molecule has 1 atom stereocenters. The number of ether oxygens (including phenoxy) is 1. The summed E-state index contributed by atoms with van der Waals surface area (Å²) in [5.74, 6) is 0.735. The number of benzene rings is 1. The first kappa shape index (κ1) is 12.6. The van der Waals surface area contributed by atoms with Crippen molar-refractivity contribution in [2.45, 2.75) is 19.4 Å². The van der Waals surface area contributed by atoms with E-state index in [4.69, 9.17) is 9.84 Å². The number of carbonyl (C=O) groups excluding carboxylic acids is 1. The van der Waals surface area contributed by atoms with Gasteiger partial charge in [-0.3, -0.25) is 4.79 Å². The van der Waals surface area contributed by atoms with Gasteiger partial charge in [-0.05, 0) is 36.3 Å². The average molecular weight is 247 g/mol. The quantitative estimate of drug-likeness (QED) is 0.784. The second kappa shape index (κ2) is 5.69. The van der Waals surface area contributed by atoms with Gasteiger partial charge in [-0.25, -0.2) is 0 Å². The molecule has 0 unspecified atom stereocenters. The minimum atomic E-state index is -0.226. The summed E-state index contributed by atoms with van der Waals surface area (Å²) in [6.07, 6.45) is 4.16. The number of hydrogen-bond acceptors (Lipinski definition) is 3. The summed E-state index contributed by atoms with van der Waals surface area (Å²) in [6.45, 7) is 2.42. The highest BCUT2D eigenvalue weighted by Gasteiger charge is 2.11. The van der Waals surface area contributed by atoms with Crippen LogP contribution >= 0.6 is 0 Å². The third kappa shape index (κ3) is 3.11. The number of aliphatic hydroxyl groups is 1. The lowest BCUT2D eigenvalue weighted by Crippen LogP contribution is -2.33. The van der Waals surface area contributed by atoms with Gasteiger partial charge in [0.05, 0.1) is 13.2 Å². The van der Waals surface area contributed by atoms with Crippen molar-refractivity contribution in [3.05, 3.63) is 35.4 Å². The Kier molecular flexibility index (Phi) is 3.99. The Bertz CT molecular complexity index is 468. The standard InChI is InChI=1S/C14H17NO3/c1-10(9-16)15-14(17)5-3-11-2-4-13-12(8-11)6-7-18-13/h2-5,8,10,16H,6-7,9H2,1H3,(H,15,17)/t10-/m1/s1. The molecule has 0 bridgehead atoms. The van der Waals surface area contributed by atoms with Crippen molar-refractivity contribution < 1.29 is 14.6 Å². The number of aliphatic hydroxyl groups excluding tert-OH is 1. The van der Waals surface area contributed by atoms with E-state index in [1.807, 2.05) is 18.2 Å². The highest BCUT2D eigenvalue weighted by Crippen LogP contribution is 2.26. The maximum Gasteiger partial charge on any atom is 0.244 e. The van der Waals surface area contributed by atoms with Crippen LogP contribution in [0.15, 0.2) is 24.3 Å². The Labute approximate surface area is 106 Å². The van der Waals surface area contributed by atoms with Gasteiger partial charge in [-0.2, -0.15) is 0 Å². The molecule has 18 heavy (non-hydrogen) atoms. The molecule has 96 valence electrons. The molecule has 1 aromatic rings. The van der Waals surface area contributed by atoms with Crippen LogP contribution in [0.25, 0.3) is 6.08 Å². The Morgan fingerprint density at radius 3 is 3.22 bits per heavy atom. The lowest BCUT2D eigenvalue weighted by molar-refractivity contribution is -0.117. The fourth-order valence-electron chi connectivity index (χ4n) is 1.82. The molecule has 2 N–H and O–H groups in total. The summed E-state index contributed by atoms with van der Waals surface area (Å²) in [5, 5.41) is 11.5. The number of amides is 1. The van der Waals surface area contributed by atoms with Crippen LogP contribution in [0.1, 0.15) is 18.1 Å². The van der Waals surface area contributed by atoms with E-state index >= 15 is 0 Å². The Morgan fingerprint density at radius 1 is 1.61 bits per heavy atom. The van der Waals surface area contributed by atoms with E-state index in [1.54, 1.807) is 13.0 Å². The Hall–Kier alpha value is -1.81. The zero-order chi connectivity index (χ0) is 13.0. The molecule has 0 saturated carbocycles. The second-order valence-electron chi connectivity index (χ2n) is 4.39. The second-order valence-corrected chi connectivity index (χ2v) is 4.39. The van der Waals surface area contributed by atoms with E-state index in [-0.39, 0.29) is 18.6 Å². The first-order valence-corrected chi connectivity index (χ1v) is 6.04. The van der Waals surface area contributed by atoms with E-state index < -0.39 is 0 Å². The number of nitrogens with one attached hydrogen (secondary N) is 1. The van der Waals surface area contributed by atoms with E-state index in [0.717, 1.165) is 24.3 Å². The molecule has 0 aromatic heterocycles. The fraction of sp³-hybridized carbons (Fsp3) is 0.357. The van der Waals surface area contributed by atoms with Gasteiger partial charge >= 0.3 is 0 Å². The third-order valence-electron chi connectivity index (χ3n) is 2.80. The van der Waals surface area contributed by atoms with E-state index in [1.165, 1.54) is 11.6 Å². The van der Waals surface area contributed by atoms with Crippen LogP contribution < -0.4 is 10.1 Å². The molecule has 0 spiro atoms. The summed E-state index contributed by atoms with van der Waals surface area (Å²) < 4.78 is 5.42. The van der Waals surface area contributed by atoms with Crippen molar-refractivity contribution >= 4 is 12.0 Å². The predicted octanol–water partition coefficient (Wildman–Crippen LogP) is 1.13.